The molecule has 0 aliphatic rings. The lowest BCUT2D eigenvalue weighted by molar-refractivity contribution is -0.137. The Balaban J connectivity index is 1.99. The molecule has 4 heteroatoms. The quantitative estimate of drug-likeness (QED) is 0.821. The Labute approximate surface area is 129 Å². The van der Waals surface area contributed by atoms with E-state index in [-0.39, 0.29) is 12.1 Å². The molecule has 0 radical (unpaired) electrons. The van der Waals surface area contributed by atoms with E-state index in [1.54, 1.807) is 6.07 Å². The molecule has 0 spiro atoms. The zero-order valence-electron chi connectivity index (χ0n) is 12.7. The van der Waals surface area contributed by atoms with Gasteiger partial charge < -0.3 is 5.32 Å². The van der Waals surface area contributed by atoms with Crippen LogP contribution < -0.4 is 5.32 Å². The maximum Gasteiger partial charge on any atom is 0.416 e. The minimum absolute atomic E-state index is 0.0821. The molecule has 0 saturated carbocycles. The van der Waals surface area contributed by atoms with E-state index in [4.69, 9.17) is 0 Å². The van der Waals surface area contributed by atoms with E-state index < -0.39 is 11.7 Å². The highest BCUT2D eigenvalue weighted by Crippen LogP contribution is 2.29. The van der Waals surface area contributed by atoms with E-state index in [1.165, 1.54) is 17.7 Å². The molecule has 2 aromatic rings. The Bertz CT molecular complexity index is 593. The number of alkyl halides is 3. The minimum Gasteiger partial charge on any atom is -0.307 e. The highest BCUT2D eigenvalue weighted by atomic mass is 19.4. The van der Waals surface area contributed by atoms with Crippen molar-refractivity contribution < 1.29 is 13.2 Å². The van der Waals surface area contributed by atoms with Gasteiger partial charge >= 0.3 is 6.18 Å². The van der Waals surface area contributed by atoms with Crippen LogP contribution in [0.4, 0.5) is 13.2 Å². The van der Waals surface area contributed by atoms with Crippen LogP contribution in [0.1, 0.15) is 36.6 Å². The molecular formula is C18H20F3N. The van der Waals surface area contributed by atoms with Crippen molar-refractivity contribution in [2.24, 2.45) is 0 Å². The van der Waals surface area contributed by atoms with Gasteiger partial charge in [-0.25, -0.2) is 0 Å². The number of hydrogen-bond acceptors (Lipinski definition) is 1. The van der Waals surface area contributed by atoms with Gasteiger partial charge in [-0.2, -0.15) is 13.2 Å². The van der Waals surface area contributed by atoms with Gasteiger partial charge in [-0.3, -0.25) is 0 Å². The Hall–Kier alpha value is -1.81. The van der Waals surface area contributed by atoms with Crippen LogP contribution in [0, 0.1) is 0 Å². The number of rotatable bonds is 5. The second kappa shape index (κ2) is 6.97. The van der Waals surface area contributed by atoms with Gasteiger partial charge in [-0.05, 0) is 37.5 Å². The van der Waals surface area contributed by atoms with Gasteiger partial charge in [0.1, 0.15) is 0 Å². The molecule has 0 aliphatic heterocycles. The zero-order chi connectivity index (χ0) is 16.2. The first kappa shape index (κ1) is 16.6. The van der Waals surface area contributed by atoms with Crippen molar-refractivity contribution in [3.8, 4) is 0 Å². The van der Waals surface area contributed by atoms with E-state index in [0.29, 0.717) is 12.0 Å². The molecule has 2 atom stereocenters. The monoisotopic (exact) mass is 307 g/mol. The summed E-state index contributed by atoms with van der Waals surface area (Å²) in [6.45, 7) is 4.04. The molecule has 2 rings (SSSR count). The van der Waals surface area contributed by atoms with Crippen molar-refractivity contribution in [3.05, 3.63) is 71.3 Å². The van der Waals surface area contributed by atoms with Crippen molar-refractivity contribution >= 4 is 0 Å². The summed E-state index contributed by atoms with van der Waals surface area (Å²) in [7, 11) is 0. The van der Waals surface area contributed by atoms with E-state index in [0.717, 1.165) is 6.07 Å². The molecule has 0 fully saturated rings. The fourth-order valence-corrected chi connectivity index (χ4v) is 2.55. The second-order valence-corrected chi connectivity index (χ2v) is 5.60. The van der Waals surface area contributed by atoms with E-state index in [2.05, 4.69) is 12.2 Å². The Kier molecular flexibility index (Phi) is 5.24. The minimum atomic E-state index is -4.29. The van der Waals surface area contributed by atoms with Crippen LogP contribution in [0.2, 0.25) is 0 Å². The topological polar surface area (TPSA) is 12.0 Å². The molecule has 1 N–H and O–H groups in total. The number of hydrogen-bond donors (Lipinski definition) is 1. The average molecular weight is 307 g/mol. The molecule has 0 amide bonds. The number of benzene rings is 2. The van der Waals surface area contributed by atoms with Crippen LogP contribution in [-0.4, -0.2) is 6.04 Å². The number of halogens is 3. The molecule has 118 valence electrons. The summed E-state index contributed by atoms with van der Waals surface area (Å²) in [6, 6.07) is 15.8. The molecule has 1 unspecified atom stereocenters. The molecule has 22 heavy (non-hydrogen) atoms. The Morgan fingerprint density at radius 3 is 2.27 bits per heavy atom. The molecule has 0 bridgehead atoms. The van der Waals surface area contributed by atoms with Crippen LogP contribution in [0.25, 0.3) is 0 Å². The van der Waals surface area contributed by atoms with Crippen molar-refractivity contribution in [2.45, 2.75) is 38.5 Å². The van der Waals surface area contributed by atoms with Crippen molar-refractivity contribution in [1.29, 1.82) is 0 Å². The smallest absolute Gasteiger partial charge is 0.307 e. The summed E-state index contributed by atoms with van der Waals surface area (Å²) in [6.07, 6.45) is -3.73. The van der Waals surface area contributed by atoms with Gasteiger partial charge in [0.05, 0.1) is 5.56 Å². The van der Waals surface area contributed by atoms with Gasteiger partial charge in [0.15, 0.2) is 0 Å². The van der Waals surface area contributed by atoms with Crippen LogP contribution in [-0.2, 0) is 12.6 Å². The Morgan fingerprint density at radius 2 is 1.64 bits per heavy atom. The second-order valence-electron chi connectivity index (χ2n) is 5.60. The maximum absolute atomic E-state index is 12.7. The van der Waals surface area contributed by atoms with Gasteiger partial charge in [-0.1, -0.05) is 48.5 Å². The van der Waals surface area contributed by atoms with Gasteiger partial charge in [0, 0.05) is 12.1 Å². The van der Waals surface area contributed by atoms with Gasteiger partial charge in [-0.15, -0.1) is 0 Å². The third-order valence-electron chi connectivity index (χ3n) is 3.63. The van der Waals surface area contributed by atoms with Crippen molar-refractivity contribution in [3.63, 3.8) is 0 Å². The van der Waals surface area contributed by atoms with E-state index in [1.807, 2.05) is 37.3 Å². The third-order valence-corrected chi connectivity index (χ3v) is 3.63. The first-order valence-electron chi connectivity index (χ1n) is 7.33. The lowest BCUT2D eigenvalue weighted by Gasteiger charge is -2.21. The van der Waals surface area contributed by atoms with Crippen LogP contribution in [0.15, 0.2) is 54.6 Å². The summed E-state index contributed by atoms with van der Waals surface area (Å²) in [5.74, 6) is 0. The predicted octanol–water partition coefficient (Wildman–Crippen LogP) is 4.99. The SMILES string of the molecule is CC(Cc1cccc(C(F)(F)F)c1)N[C@H](C)c1ccccc1. The summed E-state index contributed by atoms with van der Waals surface area (Å²) in [4.78, 5) is 0. The fraction of sp³-hybridized carbons (Fsp3) is 0.333. The molecule has 0 heterocycles. The standard InChI is InChI=1S/C18H20F3N/c1-13(22-14(2)16-8-4-3-5-9-16)11-15-7-6-10-17(12-15)18(19,20)21/h3-10,12-14,22H,11H2,1-2H3/t13?,14-/m1/s1. The summed E-state index contributed by atoms with van der Waals surface area (Å²) < 4.78 is 38.2. The Morgan fingerprint density at radius 1 is 0.955 bits per heavy atom. The first-order chi connectivity index (χ1) is 10.4. The van der Waals surface area contributed by atoms with E-state index >= 15 is 0 Å². The maximum atomic E-state index is 12.7. The summed E-state index contributed by atoms with van der Waals surface area (Å²) in [5, 5.41) is 3.42. The zero-order valence-corrected chi connectivity index (χ0v) is 12.7. The molecule has 0 aromatic heterocycles. The van der Waals surface area contributed by atoms with Crippen LogP contribution in [0.5, 0.6) is 0 Å². The molecule has 1 nitrogen and oxygen atoms in total. The summed E-state index contributed by atoms with van der Waals surface area (Å²) in [5.41, 5.74) is 1.27. The third kappa shape index (κ3) is 4.60. The summed E-state index contributed by atoms with van der Waals surface area (Å²) >= 11 is 0. The normalized spacial score (nSPS) is 14.6. The fourth-order valence-electron chi connectivity index (χ4n) is 2.55. The lowest BCUT2D eigenvalue weighted by atomic mass is 10.0. The lowest BCUT2D eigenvalue weighted by Crippen LogP contribution is -2.30. The predicted molar refractivity (Wildman–Crippen MR) is 82.6 cm³/mol. The number of nitrogens with one attached hydrogen (secondary N) is 1. The van der Waals surface area contributed by atoms with Crippen LogP contribution >= 0.6 is 0 Å². The largest absolute Gasteiger partial charge is 0.416 e. The molecular weight excluding hydrogens is 287 g/mol. The molecule has 0 saturated heterocycles. The van der Waals surface area contributed by atoms with Crippen LogP contribution in [0.3, 0.4) is 0 Å². The van der Waals surface area contributed by atoms with Gasteiger partial charge in [0.25, 0.3) is 0 Å². The van der Waals surface area contributed by atoms with Gasteiger partial charge in [0.2, 0.25) is 0 Å². The average Bonchev–Trinajstić information content (AvgIpc) is 2.47. The van der Waals surface area contributed by atoms with E-state index in [9.17, 15) is 13.2 Å². The highest BCUT2D eigenvalue weighted by Gasteiger charge is 2.30. The molecule has 0 aliphatic carbocycles. The van der Waals surface area contributed by atoms with Crippen molar-refractivity contribution in [2.75, 3.05) is 0 Å². The first-order valence-corrected chi connectivity index (χ1v) is 7.33. The van der Waals surface area contributed by atoms with Crippen molar-refractivity contribution in [1.82, 2.24) is 5.32 Å². The molecule has 2 aromatic carbocycles. The highest BCUT2D eigenvalue weighted by molar-refractivity contribution is 5.26.